The van der Waals surface area contributed by atoms with Crippen LogP contribution < -0.4 is 0 Å². The zero-order chi connectivity index (χ0) is 22.7. The van der Waals surface area contributed by atoms with E-state index in [1.165, 1.54) is 0 Å². The first-order valence-electron chi connectivity index (χ1n) is 11.3. The van der Waals surface area contributed by atoms with Crippen molar-refractivity contribution in [1.29, 1.82) is 0 Å². The minimum absolute atomic E-state index is 0.00570. The molecule has 168 valence electrons. The van der Waals surface area contributed by atoms with Gasteiger partial charge in [0.2, 0.25) is 0 Å². The number of amides is 2. The van der Waals surface area contributed by atoms with Crippen molar-refractivity contribution in [3.05, 3.63) is 71.8 Å². The molecule has 6 heteroatoms. The number of carbonyl (C=O) groups is 2. The van der Waals surface area contributed by atoms with Crippen molar-refractivity contribution in [3.8, 4) is 0 Å². The molecule has 0 unspecified atom stereocenters. The molecular weight excluding hydrogens is 404 g/mol. The van der Waals surface area contributed by atoms with Crippen molar-refractivity contribution in [2.45, 2.75) is 63.2 Å². The number of piperazine rings is 1. The molecule has 3 saturated heterocycles. The summed E-state index contributed by atoms with van der Waals surface area (Å²) in [6, 6.07) is 19.5. The number of epoxide rings is 2. The lowest BCUT2D eigenvalue weighted by molar-refractivity contribution is -0.151. The lowest BCUT2D eigenvalue weighted by Crippen LogP contribution is -2.62. The van der Waals surface area contributed by atoms with E-state index >= 15 is 0 Å². The van der Waals surface area contributed by atoms with Crippen LogP contribution in [0.25, 0.3) is 0 Å². The van der Waals surface area contributed by atoms with Crippen LogP contribution in [-0.4, -0.2) is 58.0 Å². The third-order valence-electron chi connectivity index (χ3n) is 7.17. The molecule has 32 heavy (non-hydrogen) atoms. The molecule has 6 atom stereocenters. The van der Waals surface area contributed by atoms with Gasteiger partial charge in [-0.3, -0.25) is 9.59 Å². The van der Waals surface area contributed by atoms with E-state index in [1.54, 1.807) is 0 Å². The summed E-state index contributed by atoms with van der Waals surface area (Å²) in [7, 11) is 0. The molecule has 0 spiro atoms. The molecule has 0 N–H and O–H groups in total. The molecule has 0 aliphatic carbocycles. The fraction of sp³-hybridized carbons (Fsp3) is 0.462. The third kappa shape index (κ3) is 3.33. The second-order valence-electron chi connectivity index (χ2n) is 9.64. The van der Waals surface area contributed by atoms with Crippen LogP contribution >= 0.6 is 0 Å². The molecule has 6 nitrogen and oxygen atoms in total. The lowest BCUT2D eigenvalue weighted by atomic mass is 9.95. The average molecular weight is 435 g/mol. The smallest absolute Gasteiger partial charge is 0.258 e. The summed E-state index contributed by atoms with van der Waals surface area (Å²) in [5.74, 6) is -0.0114. The van der Waals surface area contributed by atoms with Gasteiger partial charge in [0.25, 0.3) is 11.8 Å². The summed E-state index contributed by atoms with van der Waals surface area (Å²) >= 11 is 0. The highest BCUT2D eigenvalue weighted by molar-refractivity contribution is 5.91. The van der Waals surface area contributed by atoms with Crippen molar-refractivity contribution in [3.63, 3.8) is 0 Å². The Labute approximate surface area is 189 Å². The first-order valence-corrected chi connectivity index (χ1v) is 11.3. The van der Waals surface area contributed by atoms with E-state index in [2.05, 4.69) is 0 Å². The molecular formula is C26H30N2O4. The van der Waals surface area contributed by atoms with Crippen molar-refractivity contribution >= 4 is 11.8 Å². The topological polar surface area (TPSA) is 65.7 Å². The van der Waals surface area contributed by atoms with Crippen molar-refractivity contribution in [2.75, 3.05) is 13.1 Å². The summed E-state index contributed by atoms with van der Waals surface area (Å²) in [6.07, 6.45) is -0.437. The predicted octanol–water partition coefficient (Wildman–Crippen LogP) is 3.49. The number of hydrogen-bond acceptors (Lipinski definition) is 4. The maximum Gasteiger partial charge on any atom is 0.258 e. The summed E-state index contributed by atoms with van der Waals surface area (Å²) < 4.78 is 11.8. The summed E-state index contributed by atoms with van der Waals surface area (Å²) in [5, 5.41) is 0. The molecule has 0 aromatic heterocycles. The third-order valence-corrected chi connectivity index (χ3v) is 7.17. The molecule has 3 heterocycles. The molecule has 3 aliphatic rings. The zero-order valence-corrected chi connectivity index (χ0v) is 19.0. The predicted molar refractivity (Wildman–Crippen MR) is 120 cm³/mol. The van der Waals surface area contributed by atoms with Gasteiger partial charge in [0, 0.05) is 25.2 Å². The van der Waals surface area contributed by atoms with E-state index in [1.807, 2.05) is 98.2 Å². The first kappa shape index (κ1) is 21.2. The van der Waals surface area contributed by atoms with Crippen LogP contribution in [-0.2, 0) is 19.1 Å². The van der Waals surface area contributed by atoms with Gasteiger partial charge in [0.15, 0.2) is 11.2 Å². The fourth-order valence-electron chi connectivity index (χ4n) is 5.04. The van der Waals surface area contributed by atoms with Gasteiger partial charge in [-0.25, -0.2) is 0 Å². The Balaban J connectivity index is 1.26. The van der Waals surface area contributed by atoms with E-state index < -0.39 is 11.2 Å². The molecule has 0 radical (unpaired) electrons. The van der Waals surface area contributed by atoms with Crippen LogP contribution in [0.4, 0.5) is 0 Å². The Morgan fingerprint density at radius 1 is 0.719 bits per heavy atom. The summed E-state index contributed by atoms with van der Waals surface area (Å²) in [5.41, 5.74) is 0.351. The van der Waals surface area contributed by atoms with E-state index in [0.717, 1.165) is 11.1 Å². The second kappa shape index (κ2) is 7.42. The van der Waals surface area contributed by atoms with E-state index in [0.29, 0.717) is 13.1 Å². The van der Waals surface area contributed by atoms with Gasteiger partial charge in [-0.2, -0.15) is 0 Å². The Hall–Kier alpha value is -2.70. The van der Waals surface area contributed by atoms with Crippen LogP contribution in [0, 0.1) is 0 Å². The van der Waals surface area contributed by atoms with Gasteiger partial charge < -0.3 is 19.3 Å². The molecule has 0 saturated carbocycles. The quantitative estimate of drug-likeness (QED) is 0.691. The minimum atomic E-state index is -0.842. The number of rotatable bonds is 4. The Morgan fingerprint density at radius 3 is 1.41 bits per heavy atom. The number of benzene rings is 2. The minimum Gasteiger partial charge on any atom is -0.351 e. The molecule has 3 aliphatic heterocycles. The molecule has 3 fully saturated rings. The van der Waals surface area contributed by atoms with Crippen molar-refractivity contribution in [2.24, 2.45) is 0 Å². The van der Waals surface area contributed by atoms with Crippen LogP contribution in [0.15, 0.2) is 60.7 Å². The highest BCUT2D eigenvalue weighted by Crippen LogP contribution is 2.52. The lowest BCUT2D eigenvalue weighted by Gasteiger charge is -2.45. The van der Waals surface area contributed by atoms with Crippen molar-refractivity contribution < 1.29 is 19.1 Å². The summed E-state index contributed by atoms with van der Waals surface area (Å²) in [4.78, 5) is 30.6. The van der Waals surface area contributed by atoms with Gasteiger partial charge in [0.05, 0.1) is 0 Å². The van der Waals surface area contributed by atoms with Gasteiger partial charge in [0.1, 0.15) is 12.2 Å². The standard InChI is InChI=1S/C26H30N2O4/c1-17-15-28(24(30)26(4)22(32-26)20-13-9-6-10-14-20)18(2)16-27(17)23(29)25(3)21(31-25)19-11-7-5-8-12-19/h5-14,17-18,21-22H,15-16H2,1-4H3/t17-,18-,21+,22+,25-,26-/m1/s1. The van der Waals surface area contributed by atoms with Gasteiger partial charge in [-0.15, -0.1) is 0 Å². The zero-order valence-electron chi connectivity index (χ0n) is 19.0. The molecule has 2 aromatic rings. The van der Waals surface area contributed by atoms with Crippen LogP contribution in [0.5, 0.6) is 0 Å². The largest absolute Gasteiger partial charge is 0.351 e. The average Bonchev–Trinajstić information content (AvgIpc) is 3.70. The number of hydrogen-bond donors (Lipinski definition) is 0. The van der Waals surface area contributed by atoms with Crippen LogP contribution in [0.2, 0.25) is 0 Å². The maximum absolute atomic E-state index is 13.4. The first-order chi connectivity index (χ1) is 15.3. The number of nitrogens with zero attached hydrogens (tertiary/aromatic N) is 2. The second-order valence-corrected chi connectivity index (χ2v) is 9.64. The summed E-state index contributed by atoms with van der Waals surface area (Å²) in [6.45, 7) is 8.70. The Kier molecular flexibility index (Phi) is 4.91. The highest BCUT2D eigenvalue weighted by Gasteiger charge is 2.63. The van der Waals surface area contributed by atoms with Gasteiger partial charge >= 0.3 is 0 Å². The monoisotopic (exact) mass is 434 g/mol. The van der Waals surface area contributed by atoms with Gasteiger partial charge in [-0.1, -0.05) is 60.7 Å². The number of carbonyl (C=O) groups excluding carboxylic acids is 2. The van der Waals surface area contributed by atoms with Crippen LogP contribution in [0.1, 0.15) is 51.0 Å². The van der Waals surface area contributed by atoms with Crippen LogP contribution in [0.3, 0.4) is 0 Å². The van der Waals surface area contributed by atoms with Crippen molar-refractivity contribution in [1.82, 2.24) is 9.80 Å². The fourth-order valence-corrected chi connectivity index (χ4v) is 5.04. The van der Waals surface area contributed by atoms with Gasteiger partial charge in [-0.05, 0) is 38.8 Å². The molecule has 2 aromatic carbocycles. The molecule has 5 rings (SSSR count). The van der Waals surface area contributed by atoms with E-state index in [9.17, 15) is 9.59 Å². The van der Waals surface area contributed by atoms with E-state index in [4.69, 9.17) is 9.47 Å². The number of ether oxygens (including phenoxy) is 2. The maximum atomic E-state index is 13.4. The molecule has 2 amide bonds. The SMILES string of the molecule is C[C@@H]1CN(C(=O)[C@]2(C)O[C@H]2c2ccccc2)[C@H](C)CN1C(=O)[C@]1(C)O[C@H]1c1ccccc1. The Bertz CT molecular complexity index is 945. The van der Waals surface area contributed by atoms with E-state index in [-0.39, 0.29) is 36.1 Å². The normalized spacial score (nSPS) is 36.0. The molecule has 0 bridgehead atoms. The highest BCUT2D eigenvalue weighted by atomic mass is 16.6. The Morgan fingerprint density at radius 2 is 1.06 bits per heavy atom.